The molecule has 1 aromatic heterocycles. The first kappa shape index (κ1) is 18.8. The Kier molecular flexibility index (Phi) is 4.86. The van der Waals surface area contributed by atoms with Crippen LogP contribution in [0, 0.1) is 0 Å². The lowest BCUT2D eigenvalue weighted by Gasteiger charge is -2.31. The van der Waals surface area contributed by atoms with E-state index in [1.165, 1.54) is 42.1 Å². The minimum Gasteiger partial charge on any atom is -0.545 e. The third-order valence-corrected chi connectivity index (χ3v) is 4.91. The fourth-order valence-corrected chi connectivity index (χ4v) is 2.90. The largest absolute Gasteiger partial charge is 0.545 e. The van der Waals surface area contributed by atoms with E-state index in [1.54, 1.807) is 18.2 Å². The number of carbonyl (C=O) groups excluding carboxylic acids is 3. The van der Waals surface area contributed by atoms with Crippen molar-refractivity contribution in [3.63, 3.8) is 0 Å². The van der Waals surface area contributed by atoms with Gasteiger partial charge in [-0.2, -0.15) is 0 Å². The van der Waals surface area contributed by atoms with E-state index in [4.69, 9.17) is 28.2 Å². The molecule has 1 aliphatic rings. The lowest BCUT2D eigenvalue weighted by atomic mass is 10.1. The first-order valence-electron chi connectivity index (χ1n) is 7.63. The number of hydrogen-bond donors (Lipinski definition) is 0. The van der Waals surface area contributed by atoms with Crippen molar-refractivity contribution >= 4 is 52.8 Å². The summed E-state index contributed by atoms with van der Waals surface area (Å²) in [5.74, 6) is -1.88. The number of likely N-dealkylation sites (N-methyl/N-ethyl adjacent to an activating group) is 2. The summed E-state index contributed by atoms with van der Waals surface area (Å²) < 4.78 is 5.63. The molecule has 138 valence electrons. The zero-order chi connectivity index (χ0) is 19.9. The van der Waals surface area contributed by atoms with Gasteiger partial charge in [0.05, 0.1) is 5.97 Å². The van der Waals surface area contributed by atoms with Gasteiger partial charge in [0.25, 0.3) is 11.8 Å². The molecule has 9 heteroatoms. The fourth-order valence-electron chi connectivity index (χ4n) is 2.54. The van der Waals surface area contributed by atoms with Crippen LogP contribution in [0.3, 0.4) is 0 Å². The lowest BCUT2D eigenvalue weighted by molar-refractivity contribution is -0.255. The number of carboxylic acid groups (broad SMARTS) is 1. The summed E-state index contributed by atoms with van der Waals surface area (Å²) in [6.07, 6.45) is 1.32. The molecule has 0 unspecified atom stereocenters. The Labute approximate surface area is 164 Å². The summed E-state index contributed by atoms with van der Waals surface area (Å²) in [5, 5.41) is 11.3. The number of amides is 2. The Bertz CT molecular complexity index is 1000. The summed E-state index contributed by atoms with van der Waals surface area (Å²) in [5.41, 5.74) is 0.195. The summed E-state index contributed by atoms with van der Waals surface area (Å²) in [6, 6.07) is 7.47. The Morgan fingerprint density at radius 1 is 1.15 bits per heavy atom. The molecule has 0 bridgehead atoms. The number of nitrogens with zero attached hydrogens (tertiary/aromatic N) is 2. The monoisotopic (exact) mass is 403 g/mol. The van der Waals surface area contributed by atoms with Crippen molar-refractivity contribution in [2.45, 2.75) is 0 Å². The number of halogens is 1. The third kappa shape index (κ3) is 3.36. The molecular formula is C18H12ClN2O5S-. The summed E-state index contributed by atoms with van der Waals surface area (Å²) in [6.45, 7) is 0. The Balaban J connectivity index is 1.97. The number of hydrogen-bond acceptors (Lipinski definition) is 6. The lowest BCUT2D eigenvalue weighted by Crippen LogP contribution is -2.52. The smallest absolute Gasteiger partial charge is 0.265 e. The van der Waals surface area contributed by atoms with Crippen molar-refractivity contribution in [2.75, 3.05) is 14.1 Å². The molecule has 0 spiro atoms. The molecule has 0 radical (unpaired) electrons. The van der Waals surface area contributed by atoms with Crippen molar-refractivity contribution in [3.8, 4) is 11.3 Å². The average molecular weight is 404 g/mol. The van der Waals surface area contributed by atoms with Gasteiger partial charge in [-0.25, -0.2) is 0 Å². The van der Waals surface area contributed by atoms with E-state index >= 15 is 0 Å². The number of furan rings is 1. The molecule has 2 amide bonds. The second kappa shape index (κ2) is 6.98. The third-order valence-electron chi connectivity index (χ3n) is 4.03. The molecular weight excluding hydrogens is 392 g/mol. The van der Waals surface area contributed by atoms with Gasteiger partial charge in [0.15, 0.2) is 5.11 Å². The summed E-state index contributed by atoms with van der Waals surface area (Å²) in [4.78, 5) is 38.1. The maximum Gasteiger partial charge on any atom is 0.265 e. The first-order valence-corrected chi connectivity index (χ1v) is 8.42. The van der Waals surface area contributed by atoms with Crippen LogP contribution in [0.5, 0.6) is 0 Å². The molecule has 0 saturated carbocycles. The molecule has 3 rings (SSSR count). The maximum absolute atomic E-state index is 12.3. The molecule has 2 aromatic rings. The molecule has 1 saturated heterocycles. The minimum absolute atomic E-state index is 0.0492. The van der Waals surface area contributed by atoms with E-state index < -0.39 is 17.8 Å². The second-order valence-electron chi connectivity index (χ2n) is 5.75. The van der Waals surface area contributed by atoms with Gasteiger partial charge in [-0.3, -0.25) is 19.4 Å². The van der Waals surface area contributed by atoms with Crippen LogP contribution in [0.1, 0.15) is 16.1 Å². The number of thiocarbonyl (C=S) groups is 1. The summed E-state index contributed by atoms with van der Waals surface area (Å²) >= 11 is 10.9. The van der Waals surface area contributed by atoms with Gasteiger partial charge in [-0.1, -0.05) is 11.6 Å². The molecule has 0 atom stereocenters. The maximum atomic E-state index is 12.3. The molecule has 0 aliphatic carbocycles. The average Bonchev–Trinajstić information content (AvgIpc) is 3.11. The Hall–Kier alpha value is -2.97. The van der Waals surface area contributed by atoms with Gasteiger partial charge < -0.3 is 14.3 Å². The van der Waals surface area contributed by atoms with E-state index in [9.17, 15) is 19.5 Å². The molecule has 1 aromatic carbocycles. The van der Waals surface area contributed by atoms with Crippen LogP contribution in [0.4, 0.5) is 0 Å². The molecule has 7 nitrogen and oxygen atoms in total. The predicted octanol–water partition coefficient (Wildman–Crippen LogP) is 1.56. The Morgan fingerprint density at radius 2 is 1.78 bits per heavy atom. The highest BCUT2D eigenvalue weighted by atomic mass is 35.5. The number of carbonyl (C=O) groups is 3. The second-order valence-corrected chi connectivity index (χ2v) is 6.53. The van der Waals surface area contributed by atoms with Crippen LogP contribution in [-0.2, 0) is 9.59 Å². The van der Waals surface area contributed by atoms with E-state index in [0.29, 0.717) is 11.3 Å². The summed E-state index contributed by atoms with van der Waals surface area (Å²) in [7, 11) is 2.95. The van der Waals surface area contributed by atoms with Gasteiger partial charge in [0.2, 0.25) is 0 Å². The fraction of sp³-hybridized carbons (Fsp3) is 0.111. The van der Waals surface area contributed by atoms with Crippen LogP contribution in [0.15, 0.2) is 40.3 Å². The van der Waals surface area contributed by atoms with Crippen LogP contribution in [0.25, 0.3) is 17.4 Å². The van der Waals surface area contributed by atoms with Gasteiger partial charge >= 0.3 is 0 Å². The number of aromatic carboxylic acids is 1. The van der Waals surface area contributed by atoms with Gasteiger partial charge in [0.1, 0.15) is 17.1 Å². The van der Waals surface area contributed by atoms with Crippen molar-refractivity contribution in [1.82, 2.24) is 9.80 Å². The number of carboxylic acids is 1. The number of rotatable bonds is 3. The molecule has 0 N–H and O–H groups in total. The van der Waals surface area contributed by atoms with E-state index in [0.717, 1.165) is 0 Å². The topological polar surface area (TPSA) is 93.9 Å². The number of benzene rings is 1. The highest BCUT2D eigenvalue weighted by Crippen LogP contribution is 2.28. The predicted molar refractivity (Wildman–Crippen MR) is 99.6 cm³/mol. The molecule has 2 heterocycles. The van der Waals surface area contributed by atoms with Crippen molar-refractivity contribution in [2.24, 2.45) is 0 Å². The van der Waals surface area contributed by atoms with Crippen LogP contribution in [-0.4, -0.2) is 46.8 Å². The normalized spacial score (nSPS) is 14.8. The van der Waals surface area contributed by atoms with Crippen molar-refractivity contribution in [3.05, 3.63) is 52.3 Å². The van der Waals surface area contributed by atoms with Gasteiger partial charge in [-0.15, -0.1) is 0 Å². The SMILES string of the molecule is CN1C(=O)C(=Cc2ccc(-c3ccc(Cl)c(C(=O)[O-])c3)o2)C(=O)N(C)C1=S. The molecule has 27 heavy (non-hydrogen) atoms. The van der Waals surface area contributed by atoms with Crippen LogP contribution in [0.2, 0.25) is 5.02 Å². The zero-order valence-corrected chi connectivity index (χ0v) is 15.8. The zero-order valence-electron chi connectivity index (χ0n) is 14.2. The van der Waals surface area contributed by atoms with E-state index in [-0.39, 0.29) is 27.0 Å². The quantitative estimate of drug-likeness (QED) is 0.438. The molecule has 1 aliphatic heterocycles. The van der Waals surface area contributed by atoms with Crippen molar-refractivity contribution < 1.29 is 23.9 Å². The van der Waals surface area contributed by atoms with E-state index in [1.807, 2.05) is 0 Å². The highest BCUT2D eigenvalue weighted by molar-refractivity contribution is 7.80. The van der Waals surface area contributed by atoms with Crippen molar-refractivity contribution in [1.29, 1.82) is 0 Å². The van der Waals surface area contributed by atoms with Crippen LogP contribution < -0.4 is 5.11 Å². The van der Waals surface area contributed by atoms with E-state index in [2.05, 4.69) is 0 Å². The molecule has 1 fully saturated rings. The van der Waals surface area contributed by atoms with Gasteiger partial charge in [-0.05, 0) is 48.6 Å². The van der Waals surface area contributed by atoms with Gasteiger partial charge in [0, 0.05) is 30.2 Å². The van der Waals surface area contributed by atoms with Crippen LogP contribution >= 0.6 is 23.8 Å². The first-order chi connectivity index (χ1) is 12.7. The standard InChI is InChI=1S/C18H13ClN2O5S/c1-20-15(22)12(16(23)21(2)18(20)27)8-10-4-6-14(26-10)9-3-5-13(19)11(7-9)17(24)25/h3-8H,1-2H3,(H,24,25)/p-1. The minimum atomic E-state index is -1.41. The Morgan fingerprint density at radius 3 is 2.37 bits per heavy atom. The highest BCUT2D eigenvalue weighted by Gasteiger charge is 2.35.